The van der Waals surface area contributed by atoms with Crippen LogP contribution in [0.3, 0.4) is 0 Å². The average Bonchev–Trinajstić information content (AvgIpc) is 3.38. The van der Waals surface area contributed by atoms with Crippen LogP contribution in [0.4, 0.5) is 4.39 Å². The summed E-state index contributed by atoms with van der Waals surface area (Å²) in [5.74, 6) is 1.00. The van der Waals surface area contributed by atoms with Gasteiger partial charge in [-0.3, -0.25) is 4.79 Å². The van der Waals surface area contributed by atoms with Gasteiger partial charge in [-0.05, 0) is 67.8 Å². The summed E-state index contributed by atoms with van der Waals surface area (Å²) in [6.07, 6.45) is 9.19. The van der Waals surface area contributed by atoms with Crippen LogP contribution in [0.5, 0.6) is 0 Å². The van der Waals surface area contributed by atoms with Crippen molar-refractivity contribution in [3.05, 3.63) is 42.1 Å². The zero-order valence-electron chi connectivity index (χ0n) is 19.0. The number of halogens is 1. The minimum Gasteiger partial charge on any atom is -0.469 e. The Hall–Kier alpha value is -2.25. The van der Waals surface area contributed by atoms with Crippen molar-refractivity contribution >= 4 is 5.97 Å². The average molecular weight is 455 g/mol. The molecule has 7 rings (SSSR count). The van der Waals surface area contributed by atoms with Gasteiger partial charge in [0.05, 0.1) is 56.6 Å². The Morgan fingerprint density at radius 1 is 1.30 bits per heavy atom. The molecule has 1 aromatic carbocycles. The molecule has 4 atom stereocenters. The van der Waals surface area contributed by atoms with Gasteiger partial charge in [0.2, 0.25) is 0 Å². The van der Waals surface area contributed by atoms with Crippen LogP contribution in [0.25, 0.3) is 11.3 Å². The highest BCUT2D eigenvalue weighted by Gasteiger charge is 2.58. The summed E-state index contributed by atoms with van der Waals surface area (Å²) in [5.41, 5.74) is 2.36. The molecule has 4 fully saturated rings. The fourth-order valence-corrected chi connectivity index (χ4v) is 7.79. The van der Waals surface area contributed by atoms with Crippen LogP contribution in [0.1, 0.15) is 56.6 Å². The molecule has 33 heavy (non-hydrogen) atoms. The third-order valence-corrected chi connectivity index (χ3v) is 8.90. The number of carbonyl (C=O) groups excluding carboxylic acids is 1. The Morgan fingerprint density at radius 2 is 2.09 bits per heavy atom. The highest BCUT2D eigenvalue weighted by Crippen LogP contribution is 2.63. The number of rotatable bonds is 7. The molecule has 7 heteroatoms. The smallest absolute Gasteiger partial charge is 0.307 e. The molecule has 4 unspecified atom stereocenters. The molecule has 5 aliphatic rings. The lowest BCUT2D eigenvalue weighted by molar-refractivity contribution is -0.191. The Labute approximate surface area is 193 Å². The first-order chi connectivity index (χ1) is 16.0. The normalized spacial score (nSPS) is 34.2. The van der Waals surface area contributed by atoms with Gasteiger partial charge in [-0.2, -0.15) is 0 Å². The molecule has 0 saturated heterocycles. The molecule has 6 nitrogen and oxygen atoms in total. The summed E-state index contributed by atoms with van der Waals surface area (Å²) in [4.78, 5) is 15.8. The quantitative estimate of drug-likeness (QED) is 0.637. The highest BCUT2D eigenvalue weighted by molar-refractivity contribution is 5.69. The van der Waals surface area contributed by atoms with Crippen molar-refractivity contribution in [3.63, 3.8) is 0 Å². The predicted molar refractivity (Wildman–Crippen MR) is 119 cm³/mol. The lowest BCUT2D eigenvalue weighted by Gasteiger charge is -2.61. The number of hydrogen-bond acceptors (Lipinski definition) is 5. The summed E-state index contributed by atoms with van der Waals surface area (Å²) in [7, 11) is 1.40. The number of methoxy groups -OCH3 is 1. The zero-order valence-corrected chi connectivity index (χ0v) is 19.0. The highest BCUT2D eigenvalue weighted by atomic mass is 19.1. The number of aliphatic hydroxyl groups excluding tert-OH is 1. The molecule has 4 saturated carbocycles. The number of aromatic nitrogens is 2. The van der Waals surface area contributed by atoms with Crippen LogP contribution < -0.4 is 0 Å². The van der Waals surface area contributed by atoms with Gasteiger partial charge < -0.3 is 19.1 Å². The van der Waals surface area contributed by atoms with Crippen molar-refractivity contribution in [3.8, 4) is 11.3 Å². The second kappa shape index (κ2) is 7.91. The number of aliphatic hydroxyl groups is 1. The number of fused-ring (bicyclic) bond motifs is 3. The summed E-state index contributed by atoms with van der Waals surface area (Å²) in [6, 6.07) is 4.97. The third-order valence-electron chi connectivity index (χ3n) is 8.90. The maximum atomic E-state index is 14.9. The van der Waals surface area contributed by atoms with Gasteiger partial charge in [-0.1, -0.05) is 12.1 Å². The first-order valence-electron chi connectivity index (χ1n) is 12.2. The fourth-order valence-electron chi connectivity index (χ4n) is 7.79. The van der Waals surface area contributed by atoms with Crippen LogP contribution in [0.15, 0.2) is 30.7 Å². The van der Waals surface area contributed by atoms with Gasteiger partial charge in [0.15, 0.2) is 0 Å². The lowest BCUT2D eigenvalue weighted by Crippen LogP contribution is -2.58. The minimum absolute atomic E-state index is 0.131. The molecule has 0 amide bonds. The van der Waals surface area contributed by atoms with Gasteiger partial charge in [0.25, 0.3) is 0 Å². The third kappa shape index (κ3) is 3.35. The summed E-state index contributed by atoms with van der Waals surface area (Å²) >= 11 is 0. The molecule has 1 N–H and O–H groups in total. The monoisotopic (exact) mass is 454 g/mol. The molecule has 2 aromatic rings. The molecule has 0 radical (unpaired) electrons. The molecular weight excluding hydrogens is 423 g/mol. The molecular formula is C26H31FN2O4. The second-order valence-corrected chi connectivity index (χ2v) is 10.6. The largest absolute Gasteiger partial charge is 0.469 e. The molecule has 4 bridgehead atoms. The number of benzene rings is 1. The first kappa shape index (κ1) is 21.3. The SMILES string of the molecule is COC(=O)CCOC1C2CC3CC1CC(C(O)CC1c4c(F)cccc4-c4cncn41)(C3)C2. The van der Waals surface area contributed by atoms with E-state index >= 15 is 0 Å². The summed E-state index contributed by atoms with van der Waals surface area (Å²) < 4.78 is 27.8. The van der Waals surface area contributed by atoms with Crippen LogP contribution in [0, 0.1) is 29.0 Å². The van der Waals surface area contributed by atoms with Crippen LogP contribution in [-0.4, -0.2) is 46.6 Å². The minimum atomic E-state index is -0.507. The lowest BCUT2D eigenvalue weighted by atomic mass is 9.46. The van der Waals surface area contributed by atoms with Gasteiger partial charge in [-0.15, -0.1) is 0 Å². The van der Waals surface area contributed by atoms with E-state index in [1.165, 1.54) is 13.2 Å². The van der Waals surface area contributed by atoms with Gasteiger partial charge in [0.1, 0.15) is 5.82 Å². The van der Waals surface area contributed by atoms with E-state index in [1.807, 2.05) is 10.6 Å². The molecule has 176 valence electrons. The Kier molecular flexibility index (Phi) is 5.11. The van der Waals surface area contributed by atoms with E-state index in [2.05, 4.69) is 4.98 Å². The predicted octanol–water partition coefficient (Wildman–Crippen LogP) is 4.12. The van der Waals surface area contributed by atoms with Crippen molar-refractivity contribution in [2.24, 2.45) is 23.2 Å². The standard InChI is InChI=1S/C26H31FN2O4/c1-32-23(31)5-6-33-25-16-7-15-8-17(25)12-26(10-15,11-16)22(30)9-20-24-18(3-2-4-19(24)27)21-13-28-14-29(20)21/h2-4,13-17,20,22,25,30H,5-12H2,1H3. The fraction of sp³-hybridized carbons (Fsp3) is 0.615. The Morgan fingerprint density at radius 3 is 2.85 bits per heavy atom. The van der Waals surface area contributed by atoms with Crippen LogP contribution >= 0.6 is 0 Å². The maximum absolute atomic E-state index is 14.9. The number of nitrogens with zero attached hydrogens (tertiary/aromatic N) is 2. The second-order valence-electron chi connectivity index (χ2n) is 10.6. The van der Waals surface area contributed by atoms with Crippen molar-refractivity contribution in [1.82, 2.24) is 9.55 Å². The van der Waals surface area contributed by atoms with E-state index in [0.29, 0.717) is 36.3 Å². The number of carbonyl (C=O) groups is 1. The van der Waals surface area contributed by atoms with E-state index in [4.69, 9.17) is 9.47 Å². The van der Waals surface area contributed by atoms with E-state index in [1.54, 1.807) is 18.6 Å². The number of imidazole rings is 1. The Bertz CT molecular complexity index is 1050. The first-order valence-corrected chi connectivity index (χ1v) is 12.2. The van der Waals surface area contributed by atoms with Crippen molar-refractivity contribution < 1.29 is 23.8 Å². The molecule has 4 aliphatic carbocycles. The van der Waals surface area contributed by atoms with E-state index < -0.39 is 6.10 Å². The van der Waals surface area contributed by atoms with E-state index in [9.17, 15) is 14.3 Å². The molecule has 1 aliphatic heterocycles. The van der Waals surface area contributed by atoms with Crippen molar-refractivity contribution in [1.29, 1.82) is 0 Å². The van der Waals surface area contributed by atoms with Gasteiger partial charge in [-0.25, -0.2) is 9.37 Å². The molecule has 0 spiro atoms. The topological polar surface area (TPSA) is 73.6 Å². The van der Waals surface area contributed by atoms with Gasteiger partial charge >= 0.3 is 5.97 Å². The molecule has 2 heterocycles. The number of hydrogen-bond donors (Lipinski definition) is 1. The van der Waals surface area contributed by atoms with Crippen LogP contribution in [-0.2, 0) is 14.3 Å². The zero-order chi connectivity index (χ0) is 22.7. The van der Waals surface area contributed by atoms with Gasteiger partial charge in [0, 0.05) is 11.1 Å². The van der Waals surface area contributed by atoms with E-state index in [-0.39, 0.29) is 35.8 Å². The van der Waals surface area contributed by atoms with Crippen LogP contribution in [0.2, 0.25) is 0 Å². The number of ether oxygens (including phenoxy) is 2. The Balaban J connectivity index is 1.21. The van der Waals surface area contributed by atoms with E-state index in [0.717, 1.165) is 43.4 Å². The maximum Gasteiger partial charge on any atom is 0.307 e. The van der Waals surface area contributed by atoms with Crippen molar-refractivity contribution in [2.45, 2.75) is 63.2 Å². The number of esters is 1. The molecule has 1 aromatic heterocycles. The summed E-state index contributed by atoms with van der Waals surface area (Å²) in [6.45, 7) is 0.395. The van der Waals surface area contributed by atoms with Crippen molar-refractivity contribution in [2.75, 3.05) is 13.7 Å². The summed E-state index contributed by atoms with van der Waals surface area (Å²) in [5, 5.41) is 11.7.